The van der Waals surface area contributed by atoms with Gasteiger partial charge in [-0.3, -0.25) is 9.59 Å². The van der Waals surface area contributed by atoms with Gasteiger partial charge in [-0.15, -0.1) is 0 Å². The number of carboxylic acid groups (broad SMARTS) is 1. The molecule has 1 aromatic heterocycles. The molecule has 0 aliphatic heterocycles. The Morgan fingerprint density at radius 3 is 2.81 bits per heavy atom. The summed E-state index contributed by atoms with van der Waals surface area (Å²) in [6.07, 6.45) is 1.36. The molecule has 0 amide bonds. The number of aromatic nitrogens is 1. The van der Waals surface area contributed by atoms with E-state index in [4.69, 9.17) is 9.84 Å². The van der Waals surface area contributed by atoms with E-state index < -0.39 is 5.97 Å². The molecule has 0 radical (unpaired) electrons. The molecule has 5 nitrogen and oxygen atoms in total. The predicted octanol–water partition coefficient (Wildman–Crippen LogP) is 2.66. The lowest BCUT2D eigenvalue weighted by Gasteiger charge is -2.13. The van der Waals surface area contributed by atoms with Crippen molar-refractivity contribution < 1.29 is 14.6 Å². The molecule has 1 heterocycles. The largest absolute Gasteiger partial charge is 0.493 e. The number of carbonyl (C=O) groups is 1. The number of aryl methyl sites for hydroxylation is 1. The van der Waals surface area contributed by atoms with Crippen LogP contribution in [-0.2, 0) is 11.3 Å². The number of benzene rings is 1. The van der Waals surface area contributed by atoms with E-state index >= 15 is 0 Å². The molecule has 0 saturated carbocycles. The minimum Gasteiger partial charge on any atom is -0.493 e. The van der Waals surface area contributed by atoms with Crippen LogP contribution in [-0.4, -0.2) is 22.2 Å². The van der Waals surface area contributed by atoms with E-state index in [0.717, 1.165) is 17.3 Å². The summed E-state index contributed by atoms with van der Waals surface area (Å²) in [5, 5.41) is 9.49. The summed E-state index contributed by atoms with van der Waals surface area (Å²) in [6.45, 7) is 2.98. The van der Waals surface area contributed by atoms with Gasteiger partial charge in [-0.25, -0.2) is 0 Å². The molecule has 112 valence electrons. The molecule has 21 heavy (non-hydrogen) atoms. The summed E-state index contributed by atoms with van der Waals surface area (Å²) in [4.78, 5) is 22.7. The molecule has 0 bridgehead atoms. The number of nitrogens with zero attached hydrogens (tertiary/aromatic N) is 1. The third-order valence-electron chi connectivity index (χ3n) is 3.22. The number of rotatable bonds is 7. The summed E-state index contributed by atoms with van der Waals surface area (Å²) in [6, 6.07) is 9.08. The minimum absolute atomic E-state index is 0.0604. The Morgan fingerprint density at radius 1 is 1.33 bits per heavy atom. The van der Waals surface area contributed by atoms with Crippen molar-refractivity contribution in [1.29, 1.82) is 0 Å². The maximum atomic E-state index is 12.2. The lowest BCUT2D eigenvalue weighted by atomic mass is 10.2. The van der Waals surface area contributed by atoms with Crippen molar-refractivity contribution in [2.45, 2.75) is 32.7 Å². The molecule has 1 aromatic carbocycles. The number of fused-ring (bicyclic) bond motifs is 1. The van der Waals surface area contributed by atoms with Crippen LogP contribution in [0.15, 0.2) is 35.1 Å². The molecule has 5 heteroatoms. The number of hydrogen-bond acceptors (Lipinski definition) is 3. The minimum atomic E-state index is -0.846. The van der Waals surface area contributed by atoms with Gasteiger partial charge < -0.3 is 14.4 Å². The molecular formula is C16H19NO4. The molecule has 2 aromatic rings. The highest BCUT2D eigenvalue weighted by Crippen LogP contribution is 2.23. The van der Waals surface area contributed by atoms with Crippen LogP contribution < -0.4 is 10.3 Å². The summed E-state index contributed by atoms with van der Waals surface area (Å²) < 4.78 is 7.34. The fourth-order valence-electron chi connectivity index (χ4n) is 2.28. The Hall–Kier alpha value is -2.30. The molecule has 1 N–H and O–H groups in total. The second-order valence-corrected chi connectivity index (χ2v) is 4.86. The van der Waals surface area contributed by atoms with Crippen molar-refractivity contribution in [3.05, 3.63) is 40.7 Å². The first kappa shape index (κ1) is 15.1. The standard InChI is InChI=1S/C16H19NO4/c1-2-9-17-13-7-4-3-6-12(13)14(11-15(17)18)21-10-5-8-16(19)20/h3-4,6-7,11H,2,5,8-10H2,1H3,(H,19,20). The van der Waals surface area contributed by atoms with Crippen LogP contribution >= 0.6 is 0 Å². The Morgan fingerprint density at radius 2 is 2.10 bits per heavy atom. The van der Waals surface area contributed by atoms with Gasteiger partial charge in [0.05, 0.1) is 12.1 Å². The van der Waals surface area contributed by atoms with Gasteiger partial charge in [-0.05, 0) is 25.0 Å². The number of carboxylic acids is 1. The van der Waals surface area contributed by atoms with Crippen molar-refractivity contribution in [3.8, 4) is 5.75 Å². The van der Waals surface area contributed by atoms with Crippen LogP contribution in [0.4, 0.5) is 0 Å². The number of aliphatic carboxylic acids is 1. The predicted molar refractivity (Wildman–Crippen MR) is 80.9 cm³/mol. The lowest BCUT2D eigenvalue weighted by molar-refractivity contribution is -0.137. The monoisotopic (exact) mass is 289 g/mol. The lowest BCUT2D eigenvalue weighted by Crippen LogP contribution is -2.20. The smallest absolute Gasteiger partial charge is 0.303 e. The average molecular weight is 289 g/mol. The molecule has 0 saturated heterocycles. The van der Waals surface area contributed by atoms with E-state index in [9.17, 15) is 9.59 Å². The quantitative estimate of drug-likeness (QED) is 0.796. The van der Waals surface area contributed by atoms with E-state index in [2.05, 4.69) is 0 Å². The molecule has 0 atom stereocenters. The Bertz CT molecular complexity index is 690. The Balaban J connectivity index is 2.30. The fourth-order valence-corrected chi connectivity index (χ4v) is 2.28. The molecule has 0 unspecified atom stereocenters. The molecule has 0 aliphatic carbocycles. The molecule has 0 fully saturated rings. The van der Waals surface area contributed by atoms with Gasteiger partial charge in [-0.1, -0.05) is 19.1 Å². The first-order chi connectivity index (χ1) is 10.1. The third kappa shape index (κ3) is 3.62. The van der Waals surface area contributed by atoms with Crippen molar-refractivity contribution in [3.63, 3.8) is 0 Å². The second-order valence-electron chi connectivity index (χ2n) is 4.86. The first-order valence-corrected chi connectivity index (χ1v) is 7.10. The van der Waals surface area contributed by atoms with Gasteiger partial charge in [0.25, 0.3) is 5.56 Å². The first-order valence-electron chi connectivity index (χ1n) is 7.10. The second kappa shape index (κ2) is 6.92. The van der Waals surface area contributed by atoms with Crippen LogP contribution in [0.1, 0.15) is 26.2 Å². The number of hydrogen-bond donors (Lipinski definition) is 1. The van der Waals surface area contributed by atoms with Crippen LogP contribution in [0.3, 0.4) is 0 Å². The Labute approximate surface area is 122 Å². The zero-order valence-electron chi connectivity index (χ0n) is 12.0. The number of ether oxygens (including phenoxy) is 1. The zero-order chi connectivity index (χ0) is 15.2. The normalized spacial score (nSPS) is 10.7. The summed E-state index contributed by atoms with van der Waals surface area (Å²) in [5.41, 5.74) is 0.754. The third-order valence-corrected chi connectivity index (χ3v) is 3.22. The highest BCUT2D eigenvalue weighted by atomic mass is 16.5. The summed E-state index contributed by atoms with van der Waals surface area (Å²) in [7, 11) is 0. The maximum Gasteiger partial charge on any atom is 0.303 e. The van der Waals surface area contributed by atoms with E-state index in [1.165, 1.54) is 6.07 Å². The van der Waals surface area contributed by atoms with Crippen molar-refractivity contribution in [2.24, 2.45) is 0 Å². The molecular weight excluding hydrogens is 270 g/mol. The van der Waals surface area contributed by atoms with Crippen LogP contribution in [0, 0.1) is 0 Å². The van der Waals surface area contributed by atoms with Crippen molar-refractivity contribution in [1.82, 2.24) is 4.57 Å². The van der Waals surface area contributed by atoms with Crippen LogP contribution in [0.25, 0.3) is 10.9 Å². The maximum absolute atomic E-state index is 12.2. The van der Waals surface area contributed by atoms with E-state index in [-0.39, 0.29) is 18.6 Å². The van der Waals surface area contributed by atoms with E-state index in [0.29, 0.717) is 18.7 Å². The van der Waals surface area contributed by atoms with E-state index in [1.807, 2.05) is 31.2 Å². The van der Waals surface area contributed by atoms with Crippen LogP contribution in [0.2, 0.25) is 0 Å². The van der Waals surface area contributed by atoms with Crippen molar-refractivity contribution in [2.75, 3.05) is 6.61 Å². The number of para-hydroxylation sites is 1. The number of pyridine rings is 1. The highest BCUT2D eigenvalue weighted by Gasteiger charge is 2.09. The van der Waals surface area contributed by atoms with Gasteiger partial charge in [0.1, 0.15) is 5.75 Å². The Kier molecular flexibility index (Phi) is 4.98. The molecule has 0 aliphatic rings. The fraction of sp³-hybridized carbons (Fsp3) is 0.375. The van der Waals surface area contributed by atoms with Gasteiger partial charge in [0.15, 0.2) is 0 Å². The van der Waals surface area contributed by atoms with Gasteiger partial charge >= 0.3 is 5.97 Å². The summed E-state index contributed by atoms with van der Waals surface area (Å²) in [5.74, 6) is -0.324. The topological polar surface area (TPSA) is 68.5 Å². The highest BCUT2D eigenvalue weighted by molar-refractivity contribution is 5.85. The zero-order valence-corrected chi connectivity index (χ0v) is 12.0. The molecule has 0 spiro atoms. The van der Waals surface area contributed by atoms with Gasteiger partial charge in [0.2, 0.25) is 0 Å². The van der Waals surface area contributed by atoms with Crippen LogP contribution in [0.5, 0.6) is 5.75 Å². The summed E-state index contributed by atoms with van der Waals surface area (Å²) >= 11 is 0. The van der Waals surface area contributed by atoms with Gasteiger partial charge in [-0.2, -0.15) is 0 Å². The van der Waals surface area contributed by atoms with Gasteiger partial charge in [0, 0.05) is 24.4 Å². The van der Waals surface area contributed by atoms with E-state index in [1.54, 1.807) is 4.57 Å². The van der Waals surface area contributed by atoms with Crippen molar-refractivity contribution >= 4 is 16.9 Å². The SMILES string of the molecule is CCCn1c(=O)cc(OCCCC(=O)O)c2ccccc21. The molecule has 2 rings (SSSR count). The average Bonchev–Trinajstić information content (AvgIpc) is 2.47.